The Kier molecular flexibility index (Phi) is 2.63. The molecule has 1 aliphatic rings. The van der Waals surface area contributed by atoms with Crippen LogP contribution in [0.3, 0.4) is 0 Å². The van der Waals surface area contributed by atoms with Gasteiger partial charge in [0, 0.05) is 0 Å². The van der Waals surface area contributed by atoms with Gasteiger partial charge in [-0.25, -0.2) is 0 Å². The molecular formula is C14H12OTe. The Balaban J connectivity index is 2.01. The van der Waals surface area contributed by atoms with E-state index in [-0.39, 0.29) is 0 Å². The summed E-state index contributed by atoms with van der Waals surface area (Å²) in [5.74, 6) is 1.09. The van der Waals surface area contributed by atoms with E-state index in [0.717, 1.165) is 5.75 Å². The van der Waals surface area contributed by atoms with Gasteiger partial charge in [0.15, 0.2) is 0 Å². The molecule has 3 rings (SSSR count). The van der Waals surface area contributed by atoms with Crippen LogP contribution in [0.5, 0.6) is 5.75 Å². The van der Waals surface area contributed by atoms with Crippen LogP contribution in [0.15, 0.2) is 48.5 Å². The van der Waals surface area contributed by atoms with Crippen molar-refractivity contribution in [3.8, 4) is 5.75 Å². The zero-order valence-corrected chi connectivity index (χ0v) is 11.3. The van der Waals surface area contributed by atoms with E-state index in [0.29, 0.717) is 3.97 Å². The van der Waals surface area contributed by atoms with Crippen LogP contribution < -0.4 is 3.10 Å². The fourth-order valence-corrected chi connectivity index (χ4v) is 4.52. The molecule has 0 N–H and O–H groups in total. The third-order valence-electron chi connectivity index (χ3n) is 2.82. The number of hydrogen-bond acceptors (Lipinski definition) is 1. The van der Waals surface area contributed by atoms with Crippen molar-refractivity contribution in [3.05, 3.63) is 65.2 Å². The Morgan fingerprint density at radius 3 is 2.56 bits per heavy atom. The maximum atomic E-state index is 5.83. The van der Waals surface area contributed by atoms with E-state index >= 15 is 0 Å². The molecule has 2 aromatic carbocycles. The molecule has 0 aromatic heterocycles. The fourth-order valence-electron chi connectivity index (χ4n) is 1.90. The molecular weight excluding hydrogens is 312 g/mol. The van der Waals surface area contributed by atoms with Crippen molar-refractivity contribution in [2.75, 3.05) is 0 Å². The van der Waals surface area contributed by atoms with Crippen LogP contribution in [-0.4, -0.2) is 21.3 Å². The third-order valence-corrected chi connectivity index (χ3v) is 5.65. The molecule has 0 radical (unpaired) electrons. The third kappa shape index (κ3) is 1.73. The summed E-state index contributed by atoms with van der Waals surface area (Å²) < 4.78 is 6.36. The summed E-state index contributed by atoms with van der Waals surface area (Å²) in [5, 5.41) is 0. The molecule has 2 heteroatoms. The summed E-state index contributed by atoms with van der Waals surface area (Å²) >= 11 is -0.425. The second-order valence-corrected chi connectivity index (χ2v) is 6.38. The topological polar surface area (TPSA) is 9.23 Å². The molecule has 16 heavy (non-hydrogen) atoms. The maximum absolute atomic E-state index is 5.83. The monoisotopic (exact) mass is 326 g/mol. The van der Waals surface area contributed by atoms with Crippen LogP contribution >= 0.6 is 0 Å². The molecule has 1 nitrogen and oxygen atoms in total. The summed E-state index contributed by atoms with van der Waals surface area (Å²) in [4.78, 5) is 0. The van der Waals surface area contributed by atoms with E-state index in [1.807, 2.05) is 6.07 Å². The average molecular weight is 324 g/mol. The second-order valence-electron chi connectivity index (χ2n) is 4.01. The first-order valence-electron chi connectivity index (χ1n) is 5.33. The van der Waals surface area contributed by atoms with E-state index in [2.05, 4.69) is 49.4 Å². The van der Waals surface area contributed by atoms with Crippen LogP contribution in [0.4, 0.5) is 0 Å². The Morgan fingerprint density at radius 2 is 1.75 bits per heavy atom. The van der Waals surface area contributed by atoms with Gasteiger partial charge in [0.05, 0.1) is 0 Å². The number of rotatable bonds is 1. The van der Waals surface area contributed by atoms with Crippen molar-refractivity contribution in [1.82, 2.24) is 0 Å². The molecule has 1 heterocycles. The molecule has 0 saturated carbocycles. The van der Waals surface area contributed by atoms with E-state index in [1.165, 1.54) is 16.7 Å². The Labute approximate surface area is 106 Å². The quantitative estimate of drug-likeness (QED) is 0.733. The van der Waals surface area contributed by atoms with Gasteiger partial charge in [0.25, 0.3) is 0 Å². The first-order chi connectivity index (χ1) is 7.84. The predicted molar refractivity (Wildman–Crippen MR) is 65.8 cm³/mol. The second kappa shape index (κ2) is 4.12. The van der Waals surface area contributed by atoms with Crippen molar-refractivity contribution < 1.29 is 3.10 Å². The number of benzene rings is 2. The summed E-state index contributed by atoms with van der Waals surface area (Å²) in [6.45, 7) is 2.12. The molecule has 0 fully saturated rings. The molecule has 1 atom stereocenters. The number of para-hydroxylation sites is 1. The van der Waals surface area contributed by atoms with Crippen LogP contribution in [0.25, 0.3) is 0 Å². The zero-order valence-electron chi connectivity index (χ0n) is 9.01. The van der Waals surface area contributed by atoms with Crippen molar-refractivity contribution in [2.45, 2.75) is 10.9 Å². The molecule has 80 valence electrons. The van der Waals surface area contributed by atoms with Crippen molar-refractivity contribution >= 4 is 21.3 Å². The van der Waals surface area contributed by atoms with Crippen molar-refractivity contribution in [1.29, 1.82) is 0 Å². The van der Waals surface area contributed by atoms with E-state index in [9.17, 15) is 0 Å². The first kappa shape index (κ1) is 10.2. The number of hydrogen-bond donors (Lipinski definition) is 0. The van der Waals surface area contributed by atoms with Gasteiger partial charge in [-0.05, 0) is 0 Å². The van der Waals surface area contributed by atoms with Crippen molar-refractivity contribution in [3.63, 3.8) is 0 Å². The zero-order chi connectivity index (χ0) is 11.0. The molecule has 0 saturated heterocycles. The summed E-state index contributed by atoms with van der Waals surface area (Å²) in [5.41, 5.74) is 4.09. The summed E-state index contributed by atoms with van der Waals surface area (Å²) in [6.07, 6.45) is 0. The molecule has 1 unspecified atom stereocenters. The van der Waals surface area contributed by atoms with Crippen LogP contribution in [0.2, 0.25) is 0 Å². The fraction of sp³-hybridized carbons (Fsp3) is 0.143. The Morgan fingerprint density at radius 1 is 1.00 bits per heavy atom. The minimum absolute atomic E-state index is 0.425. The molecule has 0 spiro atoms. The first-order valence-corrected chi connectivity index (χ1v) is 7.63. The molecule has 0 bridgehead atoms. The van der Waals surface area contributed by atoms with Gasteiger partial charge in [-0.2, -0.15) is 0 Å². The SMILES string of the molecule is Cc1ccc(C2[Te]Oc3ccccc32)cc1. The molecule has 0 amide bonds. The molecule has 0 aliphatic carbocycles. The standard InChI is InChI=1S/C14H12OTe/c1-10-6-8-11(9-7-10)14-12-4-2-3-5-13(12)15-16-14/h2-9,14H,1H3. The Hall–Kier alpha value is -0.970. The van der Waals surface area contributed by atoms with E-state index < -0.39 is 21.3 Å². The molecule has 1 aliphatic heterocycles. The van der Waals surface area contributed by atoms with Crippen molar-refractivity contribution in [2.24, 2.45) is 0 Å². The number of aryl methyl sites for hydroxylation is 1. The normalized spacial score (nSPS) is 17.9. The average Bonchev–Trinajstić information content (AvgIpc) is 2.74. The van der Waals surface area contributed by atoms with Gasteiger partial charge >= 0.3 is 106 Å². The van der Waals surface area contributed by atoms with E-state index in [4.69, 9.17) is 3.10 Å². The molecule has 2 aromatic rings. The van der Waals surface area contributed by atoms with Gasteiger partial charge in [0.1, 0.15) is 0 Å². The predicted octanol–water partition coefficient (Wildman–Crippen LogP) is 3.10. The van der Waals surface area contributed by atoms with Crippen LogP contribution in [0, 0.1) is 6.92 Å². The number of fused-ring (bicyclic) bond motifs is 1. The van der Waals surface area contributed by atoms with Gasteiger partial charge in [-0.1, -0.05) is 0 Å². The summed E-state index contributed by atoms with van der Waals surface area (Å²) in [7, 11) is 0. The minimum atomic E-state index is -0.425. The van der Waals surface area contributed by atoms with E-state index in [1.54, 1.807) is 0 Å². The Bertz CT molecular complexity index is 504. The summed E-state index contributed by atoms with van der Waals surface area (Å²) in [6, 6.07) is 17.2. The van der Waals surface area contributed by atoms with Gasteiger partial charge in [-0.15, -0.1) is 0 Å². The van der Waals surface area contributed by atoms with Crippen LogP contribution in [-0.2, 0) is 0 Å². The van der Waals surface area contributed by atoms with Gasteiger partial charge < -0.3 is 0 Å². The van der Waals surface area contributed by atoms with Gasteiger partial charge in [-0.3, -0.25) is 0 Å². The van der Waals surface area contributed by atoms with Gasteiger partial charge in [0.2, 0.25) is 0 Å². The van der Waals surface area contributed by atoms with Crippen LogP contribution in [0.1, 0.15) is 20.7 Å².